The third kappa shape index (κ3) is 3.64. The number of para-hydroxylation sites is 1. The standard InChI is InChI=1S/C21H16F2N4O2/c22-15-8-9-17(23)14(11-15)12-25-19(28)13-26-18-7-4-10-24-20(18)27(21(26)29)16-5-2-1-3-6-16/h1-11H,12-13H2,(H,25,28). The van der Waals surface area contributed by atoms with Gasteiger partial charge in [0.1, 0.15) is 18.2 Å². The molecule has 0 unspecified atom stereocenters. The summed E-state index contributed by atoms with van der Waals surface area (Å²) in [6, 6.07) is 15.4. The molecule has 1 N–H and O–H groups in total. The third-order valence-electron chi connectivity index (χ3n) is 4.49. The molecule has 0 saturated carbocycles. The van der Waals surface area contributed by atoms with Crippen LogP contribution in [0.25, 0.3) is 16.9 Å². The zero-order chi connectivity index (χ0) is 20.4. The maximum absolute atomic E-state index is 13.7. The summed E-state index contributed by atoms with van der Waals surface area (Å²) in [6.45, 7) is -0.468. The highest BCUT2D eigenvalue weighted by Gasteiger charge is 2.17. The molecule has 0 saturated heterocycles. The number of benzene rings is 2. The van der Waals surface area contributed by atoms with E-state index < -0.39 is 23.2 Å². The van der Waals surface area contributed by atoms with E-state index in [2.05, 4.69) is 10.3 Å². The van der Waals surface area contributed by atoms with E-state index >= 15 is 0 Å². The fourth-order valence-corrected chi connectivity index (χ4v) is 3.12. The van der Waals surface area contributed by atoms with Crippen molar-refractivity contribution in [1.82, 2.24) is 19.4 Å². The predicted molar refractivity (Wildman–Crippen MR) is 104 cm³/mol. The highest BCUT2D eigenvalue weighted by molar-refractivity contribution is 5.80. The molecule has 6 nitrogen and oxygen atoms in total. The van der Waals surface area contributed by atoms with Crippen molar-refractivity contribution in [2.45, 2.75) is 13.1 Å². The quantitative estimate of drug-likeness (QED) is 0.566. The molecular weight excluding hydrogens is 378 g/mol. The number of nitrogens with zero attached hydrogens (tertiary/aromatic N) is 3. The first-order valence-electron chi connectivity index (χ1n) is 8.87. The largest absolute Gasteiger partial charge is 0.350 e. The molecule has 0 atom stereocenters. The van der Waals surface area contributed by atoms with Crippen LogP contribution < -0.4 is 11.0 Å². The Morgan fingerprint density at radius 3 is 2.62 bits per heavy atom. The van der Waals surface area contributed by atoms with E-state index in [1.54, 1.807) is 42.6 Å². The molecule has 2 heterocycles. The normalized spacial score (nSPS) is 11.0. The van der Waals surface area contributed by atoms with Gasteiger partial charge < -0.3 is 5.32 Å². The summed E-state index contributed by atoms with van der Waals surface area (Å²) in [7, 11) is 0. The third-order valence-corrected chi connectivity index (χ3v) is 4.49. The van der Waals surface area contributed by atoms with Crippen LogP contribution in [0.3, 0.4) is 0 Å². The van der Waals surface area contributed by atoms with E-state index in [1.165, 1.54) is 9.13 Å². The summed E-state index contributed by atoms with van der Waals surface area (Å²) in [5.74, 6) is -1.72. The zero-order valence-corrected chi connectivity index (χ0v) is 15.2. The van der Waals surface area contributed by atoms with Crippen LogP contribution in [0.15, 0.2) is 71.7 Å². The van der Waals surface area contributed by atoms with Gasteiger partial charge in [-0.3, -0.25) is 9.36 Å². The number of carbonyl (C=O) groups excluding carboxylic acids is 1. The van der Waals surface area contributed by atoms with Gasteiger partial charge in [-0.15, -0.1) is 0 Å². The second-order valence-electron chi connectivity index (χ2n) is 6.40. The molecule has 1 amide bonds. The van der Waals surface area contributed by atoms with Crippen molar-refractivity contribution in [1.29, 1.82) is 0 Å². The lowest BCUT2D eigenvalue weighted by atomic mass is 10.2. The molecule has 0 aliphatic heterocycles. The van der Waals surface area contributed by atoms with Crippen molar-refractivity contribution in [3.8, 4) is 5.69 Å². The van der Waals surface area contributed by atoms with Gasteiger partial charge in [0, 0.05) is 18.3 Å². The Labute approximate surface area is 164 Å². The van der Waals surface area contributed by atoms with Crippen molar-refractivity contribution >= 4 is 17.1 Å². The molecule has 8 heteroatoms. The zero-order valence-electron chi connectivity index (χ0n) is 15.2. The first-order valence-corrected chi connectivity index (χ1v) is 8.87. The molecule has 0 radical (unpaired) electrons. The van der Waals surface area contributed by atoms with E-state index in [4.69, 9.17) is 0 Å². The van der Waals surface area contributed by atoms with Gasteiger partial charge in [0.2, 0.25) is 5.91 Å². The summed E-state index contributed by atoms with van der Waals surface area (Å²) < 4.78 is 29.7. The van der Waals surface area contributed by atoms with Gasteiger partial charge in [-0.2, -0.15) is 0 Å². The first kappa shape index (κ1) is 18.5. The number of amides is 1. The van der Waals surface area contributed by atoms with Gasteiger partial charge in [-0.25, -0.2) is 23.1 Å². The fraction of sp³-hybridized carbons (Fsp3) is 0.0952. The Balaban J connectivity index is 1.63. The summed E-state index contributed by atoms with van der Waals surface area (Å²) in [5.41, 5.74) is 1.15. The summed E-state index contributed by atoms with van der Waals surface area (Å²) in [6.07, 6.45) is 1.57. The molecular formula is C21H16F2N4O2. The first-order chi connectivity index (χ1) is 14.0. The van der Waals surface area contributed by atoms with Gasteiger partial charge in [0.05, 0.1) is 11.2 Å². The van der Waals surface area contributed by atoms with E-state index in [0.717, 1.165) is 18.2 Å². The van der Waals surface area contributed by atoms with Gasteiger partial charge >= 0.3 is 5.69 Å². The van der Waals surface area contributed by atoms with Crippen LogP contribution in [0.4, 0.5) is 8.78 Å². The average molecular weight is 394 g/mol. The van der Waals surface area contributed by atoms with Crippen molar-refractivity contribution in [3.63, 3.8) is 0 Å². The summed E-state index contributed by atoms with van der Waals surface area (Å²) in [5, 5.41) is 2.52. The monoisotopic (exact) mass is 394 g/mol. The number of carbonyl (C=O) groups is 1. The number of nitrogens with one attached hydrogen (secondary N) is 1. The Morgan fingerprint density at radius 2 is 1.83 bits per heavy atom. The molecule has 4 aromatic rings. The predicted octanol–water partition coefficient (Wildman–Crippen LogP) is 2.78. The molecule has 2 aromatic heterocycles. The molecule has 4 rings (SSSR count). The second-order valence-corrected chi connectivity index (χ2v) is 6.40. The minimum atomic E-state index is -0.617. The maximum atomic E-state index is 13.7. The number of fused-ring (bicyclic) bond motifs is 1. The molecule has 0 bridgehead atoms. The number of hydrogen-bond acceptors (Lipinski definition) is 3. The molecule has 2 aromatic carbocycles. The van der Waals surface area contributed by atoms with Gasteiger partial charge in [0.25, 0.3) is 0 Å². The lowest BCUT2D eigenvalue weighted by Gasteiger charge is -2.07. The average Bonchev–Trinajstić information content (AvgIpc) is 3.01. The number of pyridine rings is 1. The van der Waals surface area contributed by atoms with Crippen molar-refractivity contribution in [2.24, 2.45) is 0 Å². The second kappa shape index (κ2) is 7.67. The summed E-state index contributed by atoms with van der Waals surface area (Å²) >= 11 is 0. The number of rotatable bonds is 5. The minimum absolute atomic E-state index is 0.0269. The topological polar surface area (TPSA) is 68.9 Å². The van der Waals surface area contributed by atoms with Crippen LogP contribution in [0.1, 0.15) is 5.56 Å². The van der Waals surface area contributed by atoms with Crippen molar-refractivity contribution in [2.75, 3.05) is 0 Å². The molecule has 146 valence electrons. The highest BCUT2D eigenvalue weighted by atomic mass is 19.1. The minimum Gasteiger partial charge on any atom is -0.350 e. The number of halogens is 2. The Bertz CT molecular complexity index is 1250. The van der Waals surface area contributed by atoms with Crippen LogP contribution in [0, 0.1) is 11.6 Å². The molecule has 0 aliphatic rings. The van der Waals surface area contributed by atoms with Crippen LogP contribution in [-0.4, -0.2) is 20.0 Å². The van der Waals surface area contributed by atoms with E-state index in [1.807, 2.05) is 6.07 Å². The Morgan fingerprint density at radius 1 is 1.03 bits per heavy atom. The van der Waals surface area contributed by atoms with Gasteiger partial charge in [0.15, 0.2) is 5.65 Å². The van der Waals surface area contributed by atoms with E-state index in [-0.39, 0.29) is 18.7 Å². The van der Waals surface area contributed by atoms with Gasteiger partial charge in [-0.05, 0) is 42.5 Å². The van der Waals surface area contributed by atoms with Crippen LogP contribution in [-0.2, 0) is 17.9 Å². The Hall–Kier alpha value is -3.81. The van der Waals surface area contributed by atoms with Gasteiger partial charge in [-0.1, -0.05) is 18.2 Å². The SMILES string of the molecule is O=C(Cn1c(=O)n(-c2ccccc2)c2ncccc21)NCc1cc(F)ccc1F. The van der Waals surface area contributed by atoms with E-state index in [0.29, 0.717) is 16.9 Å². The van der Waals surface area contributed by atoms with Crippen LogP contribution in [0.2, 0.25) is 0 Å². The van der Waals surface area contributed by atoms with Crippen molar-refractivity contribution < 1.29 is 13.6 Å². The van der Waals surface area contributed by atoms with Crippen LogP contribution >= 0.6 is 0 Å². The highest BCUT2D eigenvalue weighted by Crippen LogP contribution is 2.15. The smallest absolute Gasteiger partial charge is 0.335 e. The number of hydrogen-bond donors (Lipinski definition) is 1. The lowest BCUT2D eigenvalue weighted by molar-refractivity contribution is -0.121. The van der Waals surface area contributed by atoms with E-state index in [9.17, 15) is 18.4 Å². The Kier molecular flexibility index (Phi) is 4.90. The maximum Gasteiger partial charge on any atom is 0.335 e. The number of imidazole rings is 1. The summed E-state index contributed by atoms with van der Waals surface area (Å²) in [4.78, 5) is 29.7. The van der Waals surface area contributed by atoms with Crippen LogP contribution in [0.5, 0.6) is 0 Å². The lowest BCUT2D eigenvalue weighted by Crippen LogP contribution is -2.32. The van der Waals surface area contributed by atoms with Crippen molar-refractivity contribution in [3.05, 3.63) is 94.5 Å². The molecule has 0 fully saturated rings. The molecule has 29 heavy (non-hydrogen) atoms. The fourth-order valence-electron chi connectivity index (χ4n) is 3.12. The molecule has 0 aliphatic carbocycles. The number of aromatic nitrogens is 3. The molecule has 0 spiro atoms.